The first-order chi connectivity index (χ1) is 11.0. The molecule has 0 aromatic heterocycles. The minimum absolute atomic E-state index is 0.0341. The van der Waals surface area contributed by atoms with Crippen molar-refractivity contribution in [2.75, 3.05) is 26.7 Å². The molecular formula is C18H24FN3O. The quantitative estimate of drug-likeness (QED) is 0.839. The SMILES string of the molecule is CC(C#N)CN(C)C(=O)C1CCCN(Cc2cccc(F)c2)C1. The van der Waals surface area contributed by atoms with Crippen LogP contribution < -0.4 is 0 Å². The van der Waals surface area contributed by atoms with Gasteiger partial charge in [-0.1, -0.05) is 12.1 Å². The van der Waals surface area contributed by atoms with Gasteiger partial charge >= 0.3 is 0 Å². The molecule has 23 heavy (non-hydrogen) atoms. The van der Waals surface area contributed by atoms with Crippen LogP contribution in [-0.4, -0.2) is 42.4 Å². The van der Waals surface area contributed by atoms with E-state index in [0.29, 0.717) is 19.6 Å². The summed E-state index contributed by atoms with van der Waals surface area (Å²) in [4.78, 5) is 16.4. The van der Waals surface area contributed by atoms with Gasteiger partial charge in [0.2, 0.25) is 5.91 Å². The van der Waals surface area contributed by atoms with Crippen molar-refractivity contribution in [2.45, 2.75) is 26.3 Å². The summed E-state index contributed by atoms with van der Waals surface area (Å²) in [6, 6.07) is 8.78. The smallest absolute Gasteiger partial charge is 0.226 e. The molecule has 2 unspecified atom stereocenters. The van der Waals surface area contributed by atoms with E-state index in [1.807, 2.05) is 13.0 Å². The molecule has 0 N–H and O–H groups in total. The van der Waals surface area contributed by atoms with Gasteiger partial charge in [-0.2, -0.15) is 5.26 Å². The number of rotatable bonds is 5. The number of hydrogen-bond acceptors (Lipinski definition) is 3. The number of nitriles is 1. The van der Waals surface area contributed by atoms with Crippen LogP contribution in [0.3, 0.4) is 0 Å². The highest BCUT2D eigenvalue weighted by Gasteiger charge is 2.28. The lowest BCUT2D eigenvalue weighted by Crippen LogP contribution is -2.44. The van der Waals surface area contributed by atoms with E-state index in [9.17, 15) is 9.18 Å². The molecule has 1 aliphatic rings. The van der Waals surface area contributed by atoms with Crippen LogP contribution in [0.4, 0.5) is 4.39 Å². The van der Waals surface area contributed by atoms with Crippen molar-refractivity contribution < 1.29 is 9.18 Å². The van der Waals surface area contributed by atoms with Crippen LogP contribution in [0.1, 0.15) is 25.3 Å². The highest BCUT2D eigenvalue weighted by atomic mass is 19.1. The molecule has 5 heteroatoms. The van der Waals surface area contributed by atoms with Gasteiger partial charge in [0.25, 0.3) is 0 Å². The minimum Gasteiger partial charge on any atom is -0.344 e. The van der Waals surface area contributed by atoms with Crippen molar-refractivity contribution in [3.05, 3.63) is 35.6 Å². The predicted octanol–water partition coefficient (Wildman–Crippen LogP) is 2.66. The topological polar surface area (TPSA) is 47.3 Å². The van der Waals surface area contributed by atoms with Crippen LogP contribution >= 0.6 is 0 Å². The Morgan fingerprint density at radius 3 is 3.04 bits per heavy atom. The van der Waals surface area contributed by atoms with E-state index in [2.05, 4.69) is 11.0 Å². The second kappa shape index (κ2) is 8.07. The largest absolute Gasteiger partial charge is 0.344 e. The van der Waals surface area contributed by atoms with Gasteiger partial charge in [-0.3, -0.25) is 9.69 Å². The zero-order valence-electron chi connectivity index (χ0n) is 13.8. The van der Waals surface area contributed by atoms with Gasteiger partial charge in [0.15, 0.2) is 0 Å². The van der Waals surface area contributed by atoms with Crippen LogP contribution in [0, 0.1) is 29.0 Å². The lowest BCUT2D eigenvalue weighted by atomic mass is 9.96. The average molecular weight is 317 g/mol. The number of carbonyl (C=O) groups is 1. The molecule has 1 heterocycles. The number of nitrogens with zero attached hydrogens (tertiary/aromatic N) is 3. The molecule has 1 aliphatic heterocycles. The van der Waals surface area contributed by atoms with Crippen LogP contribution in [0.25, 0.3) is 0 Å². The summed E-state index contributed by atoms with van der Waals surface area (Å²) in [5.41, 5.74) is 0.935. The van der Waals surface area contributed by atoms with E-state index in [-0.39, 0.29) is 23.6 Å². The van der Waals surface area contributed by atoms with E-state index < -0.39 is 0 Å². The molecule has 1 aromatic carbocycles. The molecule has 0 aliphatic carbocycles. The molecular weight excluding hydrogens is 293 g/mol. The molecule has 1 aromatic rings. The second-order valence-corrected chi connectivity index (χ2v) is 6.45. The molecule has 1 saturated heterocycles. The average Bonchev–Trinajstić information content (AvgIpc) is 2.54. The number of halogens is 1. The van der Waals surface area contributed by atoms with Gasteiger partial charge in [-0.25, -0.2) is 4.39 Å². The van der Waals surface area contributed by atoms with Crippen LogP contribution in [0.15, 0.2) is 24.3 Å². The molecule has 124 valence electrons. The first-order valence-electron chi connectivity index (χ1n) is 8.11. The minimum atomic E-state index is -0.225. The van der Waals surface area contributed by atoms with Gasteiger partial charge < -0.3 is 4.90 Å². The Kier molecular flexibility index (Phi) is 6.12. The first-order valence-corrected chi connectivity index (χ1v) is 8.11. The maximum absolute atomic E-state index is 13.3. The second-order valence-electron chi connectivity index (χ2n) is 6.45. The molecule has 0 spiro atoms. The van der Waals surface area contributed by atoms with E-state index in [0.717, 1.165) is 24.9 Å². The molecule has 0 bridgehead atoms. The van der Waals surface area contributed by atoms with Gasteiger partial charge in [0.05, 0.1) is 17.9 Å². The van der Waals surface area contributed by atoms with Crippen molar-refractivity contribution >= 4 is 5.91 Å². The fraction of sp³-hybridized carbons (Fsp3) is 0.556. The van der Waals surface area contributed by atoms with Crippen molar-refractivity contribution in [3.8, 4) is 6.07 Å². The van der Waals surface area contributed by atoms with Gasteiger partial charge in [0.1, 0.15) is 5.82 Å². The Balaban J connectivity index is 1.92. The highest BCUT2D eigenvalue weighted by molar-refractivity contribution is 5.79. The van der Waals surface area contributed by atoms with E-state index in [1.165, 1.54) is 6.07 Å². The highest BCUT2D eigenvalue weighted by Crippen LogP contribution is 2.21. The Labute approximate surface area is 137 Å². The Bertz CT molecular complexity index is 584. The third-order valence-corrected chi connectivity index (χ3v) is 4.29. The molecule has 4 nitrogen and oxygen atoms in total. The summed E-state index contributed by atoms with van der Waals surface area (Å²) in [7, 11) is 1.77. The van der Waals surface area contributed by atoms with Crippen molar-refractivity contribution in [3.63, 3.8) is 0 Å². The molecule has 1 fully saturated rings. The number of benzene rings is 1. The van der Waals surface area contributed by atoms with Crippen LogP contribution in [0.2, 0.25) is 0 Å². The first kappa shape index (κ1) is 17.4. The zero-order valence-corrected chi connectivity index (χ0v) is 13.8. The molecule has 0 saturated carbocycles. The molecule has 0 radical (unpaired) electrons. The summed E-state index contributed by atoms with van der Waals surface area (Å²) >= 11 is 0. The Morgan fingerprint density at radius 1 is 1.57 bits per heavy atom. The number of carbonyl (C=O) groups excluding carboxylic acids is 1. The fourth-order valence-electron chi connectivity index (χ4n) is 3.15. The summed E-state index contributed by atoms with van der Waals surface area (Å²) in [5, 5.41) is 8.88. The zero-order chi connectivity index (χ0) is 16.8. The monoisotopic (exact) mass is 317 g/mol. The Morgan fingerprint density at radius 2 is 2.35 bits per heavy atom. The summed E-state index contributed by atoms with van der Waals surface area (Å²) in [5.74, 6) is -0.308. The van der Waals surface area contributed by atoms with E-state index in [4.69, 9.17) is 5.26 Å². The molecule has 1 amide bonds. The molecule has 2 atom stereocenters. The maximum Gasteiger partial charge on any atom is 0.226 e. The summed E-state index contributed by atoms with van der Waals surface area (Å²) in [6.45, 7) is 4.58. The van der Waals surface area contributed by atoms with E-state index in [1.54, 1.807) is 24.1 Å². The third kappa shape index (κ3) is 5.04. The predicted molar refractivity (Wildman–Crippen MR) is 86.8 cm³/mol. The number of likely N-dealkylation sites (tertiary alicyclic amines) is 1. The summed E-state index contributed by atoms with van der Waals surface area (Å²) in [6.07, 6.45) is 1.84. The summed E-state index contributed by atoms with van der Waals surface area (Å²) < 4.78 is 13.3. The van der Waals surface area contributed by atoms with Gasteiger partial charge in [-0.05, 0) is 44.0 Å². The number of piperidine rings is 1. The Hall–Kier alpha value is -1.93. The lowest BCUT2D eigenvalue weighted by Gasteiger charge is -2.34. The fourth-order valence-corrected chi connectivity index (χ4v) is 3.15. The van der Waals surface area contributed by atoms with Gasteiger partial charge in [-0.15, -0.1) is 0 Å². The normalized spacial score (nSPS) is 19.8. The number of amides is 1. The van der Waals surface area contributed by atoms with Crippen LogP contribution in [0.5, 0.6) is 0 Å². The van der Waals surface area contributed by atoms with Crippen molar-refractivity contribution in [1.82, 2.24) is 9.80 Å². The van der Waals surface area contributed by atoms with Gasteiger partial charge in [0, 0.05) is 26.7 Å². The maximum atomic E-state index is 13.3. The number of hydrogen-bond donors (Lipinski definition) is 0. The van der Waals surface area contributed by atoms with Crippen molar-refractivity contribution in [1.29, 1.82) is 5.26 Å². The standard InChI is InChI=1S/C18H24FN3O/c1-14(10-20)11-21(2)18(23)16-6-4-8-22(13-16)12-15-5-3-7-17(19)9-15/h3,5,7,9,14,16H,4,6,8,11-13H2,1-2H3. The third-order valence-electron chi connectivity index (χ3n) is 4.29. The van der Waals surface area contributed by atoms with Crippen molar-refractivity contribution in [2.24, 2.45) is 11.8 Å². The van der Waals surface area contributed by atoms with E-state index >= 15 is 0 Å². The molecule has 2 rings (SSSR count). The lowest BCUT2D eigenvalue weighted by molar-refractivity contribution is -0.136. The van der Waals surface area contributed by atoms with Crippen LogP contribution in [-0.2, 0) is 11.3 Å².